The van der Waals surface area contributed by atoms with Gasteiger partial charge in [-0.25, -0.2) is 9.97 Å². The molecular formula is C14H17N3S. The molecule has 2 aliphatic carbocycles. The Bertz CT molecular complexity index is 613. The molecule has 1 fully saturated rings. The second kappa shape index (κ2) is 3.92. The lowest BCUT2D eigenvalue weighted by molar-refractivity contribution is 0.700. The summed E-state index contributed by atoms with van der Waals surface area (Å²) in [6.07, 6.45) is 7.61. The standard InChI is InChI=1S/C14H17N3S/c1-15-13-11-9-4-2-3-5-10(9)18-14(11)17-12(16-13)8-6-7-8/h8H,2-7H2,1H3,(H,15,16,17). The Morgan fingerprint density at radius 3 is 2.78 bits per heavy atom. The van der Waals surface area contributed by atoms with E-state index in [2.05, 4.69) is 5.32 Å². The van der Waals surface area contributed by atoms with Crippen molar-refractivity contribution < 1.29 is 0 Å². The Labute approximate surface area is 111 Å². The summed E-state index contributed by atoms with van der Waals surface area (Å²) in [6.45, 7) is 0. The van der Waals surface area contributed by atoms with Gasteiger partial charge in [0.05, 0.1) is 5.39 Å². The van der Waals surface area contributed by atoms with E-state index < -0.39 is 0 Å². The molecule has 4 heteroatoms. The fourth-order valence-corrected chi connectivity index (χ4v) is 4.15. The molecule has 0 aromatic carbocycles. The fourth-order valence-electron chi connectivity index (χ4n) is 2.88. The van der Waals surface area contributed by atoms with E-state index in [4.69, 9.17) is 9.97 Å². The van der Waals surface area contributed by atoms with Crippen molar-refractivity contribution in [2.45, 2.75) is 44.4 Å². The van der Waals surface area contributed by atoms with Crippen LogP contribution in [0.4, 0.5) is 5.82 Å². The molecule has 4 rings (SSSR count). The highest BCUT2D eigenvalue weighted by Crippen LogP contribution is 2.43. The molecule has 0 amide bonds. The van der Waals surface area contributed by atoms with Crippen LogP contribution in [-0.2, 0) is 12.8 Å². The number of hydrogen-bond donors (Lipinski definition) is 1. The summed E-state index contributed by atoms with van der Waals surface area (Å²) >= 11 is 1.90. The number of aromatic nitrogens is 2. The van der Waals surface area contributed by atoms with Gasteiger partial charge in [-0.2, -0.15) is 0 Å². The first-order valence-electron chi connectivity index (χ1n) is 6.86. The van der Waals surface area contributed by atoms with Crippen molar-refractivity contribution in [3.8, 4) is 0 Å². The third-order valence-corrected chi connectivity index (χ3v) is 5.20. The molecule has 0 bridgehead atoms. The van der Waals surface area contributed by atoms with Crippen LogP contribution in [-0.4, -0.2) is 17.0 Å². The van der Waals surface area contributed by atoms with Gasteiger partial charge in [0.15, 0.2) is 0 Å². The Hall–Kier alpha value is -1.16. The van der Waals surface area contributed by atoms with E-state index in [1.165, 1.54) is 54.3 Å². The first kappa shape index (κ1) is 10.7. The number of thiophene rings is 1. The minimum Gasteiger partial charge on any atom is -0.372 e. The smallest absolute Gasteiger partial charge is 0.138 e. The number of nitrogens with zero attached hydrogens (tertiary/aromatic N) is 2. The second-order valence-corrected chi connectivity index (χ2v) is 6.43. The highest BCUT2D eigenvalue weighted by molar-refractivity contribution is 7.19. The van der Waals surface area contributed by atoms with Crippen LogP contribution in [0.2, 0.25) is 0 Å². The zero-order valence-corrected chi connectivity index (χ0v) is 11.4. The van der Waals surface area contributed by atoms with E-state index >= 15 is 0 Å². The molecule has 2 aromatic heterocycles. The number of hydrogen-bond acceptors (Lipinski definition) is 4. The summed E-state index contributed by atoms with van der Waals surface area (Å²) in [4.78, 5) is 12.3. The van der Waals surface area contributed by atoms with E-state index in [1.807, 2.05) is 18.4 Å². The maximum Gasteiger partial charge on any atom is 0.138 e. The summed E-state index contributed by atoms with van der Waals surface area (Å²) in [5.41, 5.74) is 1.52. The quantitative estimate of drug-likeness (QED) is 0.897. The Morgan fingerprint density at radius 1 is 1.17 bits per heavy atom. The van der Waals surface area contributed by atoms with Gasteiger partial charge in [0.2, 0.25) is 0 Å². The molecule has 2 aromatic rings. The van der Waals surface area contributed by atoms with Crippen LogP contribution < -0.4 is 5.32 Å². The van der Waals surface area contributed by atoms with Gasteiger partial charge in [-0.05, 0) is 44.1 Å². The topological polar surface area (TPSA) is 37.8 Å². The van der Waals surface area contributed by atoms with Gasteiger partial charge in [-0.15, -0.1) is 11.3 Å². The third kappa shape index (κ3) is 1.55. The largest absolute Gasteiger partial charge is 0.372 e. The molecule has 1 saturated carbocycles. The van der Waals surface area contributed by atoms with E-state index in [0.29, 0.717) is 5.92 Å². The summed E-state index contributed by atoms with van der Waals surface area (Å²) < 4.78 is 0. The maximum absolute atomic E-state index is 4.82. The summed E-state index contributed by atoms with van der Waals surface area (Å²) in [6, 6.07) is 0. The Kier molecular flexibility index (Phi) is 2.34. The van der Waals surface area contributed by atoms with Crippen molar-refractivity contribution in [3.05, 3.63) is 16.3 Å². The fraction of sp³-hybridized carbons (Fsp3) is 0.571. The van der Waals surface area contributed by atoms with Gasteiger partial charge in [-0.1, -0.05) is 0 Å². The molecular weight excluding hydrogens is 242 g/mol. The SMILES string of the molecule is CNc1nc(C2CC2)nc2sc3c(c12)CCCC3. The summed E-state index contributed by atoms with van der Waals surface area (Å²) in [5, 5.41) is 4.59. The number of fused-ring (bicyclic) bond motifs is 3. The number of nitrogens with one attached hydrogen (secondary N) is 1. The average molecular weight is 259 g/mol. The zero-order chi connectivity index (χ0) is 12.1. The predicted molar refractivity (Wildman–Crippen MR) is 75.6 cm³/mol. The van der Waals surface area contributed by atoms with Crippen LogP contribution in [0.15, 0.2) is 0 Å². The number of anilines is 1. The first-order chi connectivity index (χ1) is 8.86. The molecule has 0 radical (unpaired) electrons. The second-order valence-electron chi connectivity index (χ2n) is 5.35. The highest BCUT2D eigenvalue weighted by Gasteiger charge is 2.29. The molecule has 2 aliphatic rings. The Morgan fingerprint density at radius 2 is 2.00 bits per heavy atom. The van der Waals surface area contributed by atoms with Gasteiger partial charge in [0, 0.05) is 17.8 Å². The molecule has 2 heterocycles. The normalized spacial score (nSPS) is 18.9. The van der Waals surface area contributed by atoms with Gasteiger partial charge < -0.3 is 5.32 Å². The highest BCUT2D eigenvalue weighted by atomic mass is 32.1. The van der Waals surface area contributed by atoms with Crippen LogP contribution in [0.1, 0.15) is 47.9 Å². The van der Waals surface area contributed by atoms with Crippen molar-refractivity contribution >= 4 is 27.4 Å². The molecule has 1 N–H and O–H groups in total. The van der Waals surface area contributed by atoms with Gasteiger partial charge in [-0.3, -0.25) is 0 Å². The molecule has 0 saturated heterocycles. The number of aryl methyl sites for hydroxylation is 2. The average Bonchev–Trinajstić information content (AvgIpc) is 3.18. The van der Waals surface area contributed by atoms with Gasteiger partial charge >= 0.3 is 0 Å². The monoisotopic (exact) mass is 259 g/mol. The number of rotatable bonds is 2. The summed E-state index contributed by atoms with van der Waals surface area (Å²) in [5.74, 6) is 2.74. The van der Waals surface area contributed by atoms with Gasteiger partial charge in [0.25, 0.3) is 0 Å². The van der Waals surface area contributed by atoms with Crippen molar-refractivity contribution in [2.24, 2.45) is 0 Å². The lowest BCUT2D eigenvalue weighted by atomic mass is 9.97. The van der Waals surface area contributed by atoms with Gasteiger partial charge in [0.1, 0.15) is 16.5 Å². The first-order valence-corrected chi connectivity index (χ1v) is 7.68. The van der Waals surface area contributed by atoms with E-state index in [1.54, 1.807) is 4.88 Å². The van der Waals surface area contributed by atoms with Crippen LogP contribution >= 0.6 is 11.3 Å². The maximum atomic E-state index is 4.82. The minimum absolute atomic E-state index is 0.626. The molecule has 0 unspecified atom stereocenters. The molecule has 18 heavy (non-hydrogen) atoms. The van der Waals surface area contributed by atoms with Crippen molar-refractivity contribution in [2.75, 3.05) is 12.4 Å². The van der Waals surface area contributed by atoms with Crippen molar-refractivity contribution in [1.29, 1.82) is 0 Å². The van der Waals surface area contributed by atoms with E-state index in [9.17, 15) is 0 Å². The van der Waals surface area contributed by atoms with Crippen LogP contribution in [0.5, 0.6) is 0 Å². The third-order valence-electron chi connectivity index (χ3n) is 4.01. The molecule has 0 atom stereocenters. The molecule has 0 spiro atoms. The minimum atomic E-state index is 0.626. The Balaban J connectivity index is 1.97. The molecule has 0 aliphatic heterocycles. The van der Waals surface area contributed by atoms with Crippen LogP contribution in [0.3, 0.4) is 0 Å². The predicted octanol–water partition coefficient (Wildman–Crippen LogP) is 3.49. The van der Waals surface area contributed by atoms with E-state index in [0.717, 1.165) is 11.6 Å². The van der Waals surface area contributed by atoms with E-state index in [-0.39, 0.29) is 0 Å². The van der Waals surface area contributed by atoms with Crippen LogP contribution in [0, 0.1) is 0 Å². The lowest BCUT2D eigenvalue weighted by Gasteiger charge is -2.11. The molecule has 94 valence electrons. The molecule has 3 nitrogen and oxygen atoms in total. The lowest BCUT2D eigenvalue weighted by Crippen LogP contribution is -2.02. The summed E-state index contributed by atoms with van der Waals surface area (Å²) in [7, 11) is 1.98. The van der Waals surface area contributed by atoms with Crippen molar-refractivity contribution in [1.82, 2.24) is 9.97 Å². The van der Waals surface area contributed by atoms with Crippen LogP contribution in [0.25, 0.3) is 10.2 Å². The zero-order valence-electron chi connectivity index (χ0n) is 10.6. The van der Waals surface area contributed by atoms with Crippen molar-refractivity contribution in [3.63, 3.8) is 0 Å².